The number of aromatic nitrogens is 1. The molecule has 2 aromatic carbocycles. The van der Waals surface area contributed by atoms with Gasteiger partial charge in [-0.2, -0.15) is 0 Å². The summed E-state index contributed by atoms with van der Waals surface area (Å²) in [7, 11) is 1.56. The molecule has 31 heavy (non-hydrogen) atoms. The van der Waals surface area contributed by atoms with E-state index >= 15 is 0 Å². The van der Waals surface area contributed by atoms with Crippen LogP contribution in [0.2, 0.25) is 0 Å². The number of carbonyl (C=O) groups excluding carboxylic acids is 3. The van der Waals surface area contributed by atoms with Gasteiger partial charge in [0.25, 0.3) is 5.91 Å². The predicted molar refractivity (Wildman–Crippen MR) is 123 cm³/mol. The molecule has 0 radical (unpaired) electrons. The largest absolute Gasteiger partial charge is 0.497 e. The number of unbranched alkanes of at least 4 members (excludes halogenated alkanes) is 1. The minimum Gasteiger partial charge on any atom is -0.497 e. The molecule has 0 bridgehead atoms. The van der Waals surface area contributed by atoms with E-state index in [1.807, 2.05) is 13.0 Å². The fraction of sp³-hybridized carbons (Fsp3) is 0.227. The maximum Gasteiger partial charge on any atom is 0.328 e. The summed E-state index contributed by atoms with van der Waals surface area (Å²) in [6.07, 6.45) is 1.67. The van der Waals surface area contributed by atoms with Crippen molar-refractivity contribution in [3.63, 3.8) is 0 Å². The lowest BCUT2D eigenvalue weighted by Gasteiger charge is -2.13. The first-order valence-corrected chi connectivity index (χ1v) is 10.6. The molecule has 0 aliphatic carbocycles. The Bertz CT molecular complexity index is 1110. The molecule has 3 amide bonds. The number of benzene rings is 2. The molecule has 8 nitrogen and oxygen atoms in total. The number of hydrogen-bond donors (Lipinski definition) is 3. The molecule has 9 heteroatoms. The minimum atomic E-state index is -0.852. The number of rotatable bonds is 7. The lowest BCUT2D eigenvalue weighted by Crippen LogP contribution is -2.40. The zero-order valence-electron chi connectivity index (χ0n) is 17.2. The van der Waals surface area contributed by atoms with Crippen LogP contribution in [0.4, 0.5) is 5.69 Å². The molecule has 1 aromatic heterocycles. The van der Waals surface area contributed by atoms with E-state index in [2.05, 4.69) is 32.0 Å². The van der Waals surface area contributed by atoms with Crippen LogP contribution in [0, 0.1) is 0 Å². The summed E-state index contributed by atoms with van der Waals surface area (Å²) in [5.74, 6) is -1.38. The van der Waals surface area contributed by atoms with Gasteiger partial charge in [0.1, 0.15) is 11.4 Å². The number of nitrogens with one attached hydrogen (secondary N) is 3. The van der Waals surface area contributed by atoms with Gasteiger partial charge in [-0.3, -0.25) is 19.8 Å². The van der Waals surface area contributed by atoms with Gasteiger partial charge in [-0.05, 0) is 55.0 Å². The van der Waals surface area contributed by atoms with Crippen molar-refractivity contribution in [1.82, 2.24) is 9.99 Å². The molecule has 0 unspecified atom stereocenters. The van der Waals surface area contributed by atoms with Crippen molar-refractivity contribution in [1.29, 1.82) is 0 Å². The van der Waals surface area contributed by atoms with Crippen molar-refractivity contribution < 1.29 is 19.1 Å². The van der Waals surface area contributed by atoms with E-state index in [4.69, 9.17) is 4.74 Å². The van der Waals surface area contributed by atoms with Crippen LogP contribution in [0.1, 0.15) is 30.3 Å². The number of nitrogens with zero attached hydrogens (tertiary/aromatic N) is 1. The molecule has 0 aliphatic rings. The molecule has 3 rings (SSSR count). The Labute approximate surface area is 188 Å². The SMILES string of the molecule is CCCCNC(=O)C(=O)Nn1c(C(=O)Nc2ccc(OC)cc2)cc2cc(Br)ccc21. The number of halogens is 1. The Morgan fingerprint density at radius 3 is 2.45 bits per heavy atom. The zero-order chi connectivity index (χ0) is 22.4. The fourth-order valence-electron chi connectivity index (χ4n) is 2.95. The van der Waals surface area contributed by atoms with E-state index in [0.717, 1.165) is 22.7 Å². The first-order chi connectivity index (χ1) is 14.9. The monoisotopic (exact) mass is 486 g/mol. The van der Waals surface area contributed by atoms with Crippen molar-refractivity contribution in [2.24, 2.45) is 0 Å². The number of amides is 3. The number of carbonyl (C=O) groups is 3. The molecule has 162 valence electrons. The van der Waals surface area contributed by atoms with E-state index < -0.39 is 17.7 Å². The van der Waals surface area contributed by atoms with Crippen LogP contribution in [0.5, 0.6) is 5.75 Å². The van der Waals surface area contributed by atoms with E-state index in [0.29, 0.717) is 23.5 Å². The third kappa shape index (κ3) is 5.43. The smallest absolute Gasteiger partial charge is 0.328 e. The maximum absolute atomic E-state index is 13.0. The Morgan fingerprint density at radius 1 is 1.03 bits per heavy atom. The second kappa shape index (κ2) is 10.1. The minimum absolute atomic E-state index is 0.179. The van der Waals surface area contributed by atoms with Crippen molar-refractivity contribution >= 4 is 50.2 Å². The second-order valence-electron chi connectivity index (χ2n) is 6.80. The number of fused-ring (bicyclic) bond motifs is 1. The Morgan fingerprint density at radius 2 is 1.77 bits per heavy atom. The summed E-state index contributed by atoms with van der Waals surface area (Å²) >= 11 is 3.41. The molecule has 0 atom stereocenters. The van der Waals surface area contributed by atoms with Crippen molar-refractivity contribution in [2.45, 2.75) is 19.8 Å². The third-order valence-corrected chi connectivity index (χ3v) is 5.07. The van der Waals surface area contributed by atoms with E-state index in [-0.39, 0.29) is 5.69 Å². The average molecular weight is 487 g/mol. The highest BCUT2D eigenvalue weighted by Gasteiger charge is 2.21. The van der Waals surface area contributed by atoms with Crippen LogP contribution in [-0.2, 0) is 9.59 Å². The lowest BCUT2D eigenvalue weighted by atomic mass is 10.2. The van der Waals surface area contributed by atoms with E-state index in [9.17, 15) is 14.4 Å². The molecular formula is C22H23BrN4O4. The van der Waals surface area contributed by atoms with Gasteiger partial charge in [-0.1, -0.05) is 29.3 Å². The van der Waals surface area contributed by atoms with Gasteiger partial charge >= 0.3 is 11.8 Å². The molecule has 3 N–H and O–H groups in total. The standard InChI is InChI=1S/C22H23BrN4O4/c1-3-4-11-24-21(29)22(30)26-27-18-10-5-15(23)12-14(18)13-19(27)20(28)25-16-6-8-17(31-2)9-7-16/h5-10,12-13H,3-4,11H2,1-2H3,(H,24,29)(H,25,28)(H,26,30). The summed E-state index contributed by atoms with van der Waals surface area (Å²) in [6, 6.07) is 13.9. The highest BCUT2D eigenvalue weighted by atomic mass is 79.9. The van der Waals surface area contributed by atoms with Crippen LogP contribution in [0.25, 0.3) is 10.9 Å². The highest BCUT2D eigenvalue weighted by Crippen LogP contribution is 2.24. The van der Waals surface area contributed by atoms with Crippen LogP contribution >= 0.6 is 15.9 Å². The number of methoxy groups -OCH3 is 1. The van der Waals surface area contributed by atoms with Gasteiger partial charge in [0.15, 0.2) is 0 Å². The van der Waals surface area contributed by atoms with Crippen LogP contribution in [0.15, 0.2) is 53.0 Å². The van der Waals surface area contributed by atoms with Crippen molar-refractivity contribution in [3.8, 4) is 5.75 Å². The molecule has 0 saturated carbocycles. The Kier molecular flexibility index (Phi) is 7.30. The first-order valence-electron chi connectivity index (χ1n) is 9.78. The maximum atomic E-state index is 13.0. The van der Waals surface area contributed by atoms with Crippen LogP contribution < -0.4 is 20.8 Å². The number of anilines is 1. The number of ether oxygens (including phenoxy) is 1. The number of hydrogen-bond acceptors (Lipinski definition) is 4. The predicted octanol–water partition coefficient (Wildman–Crippen LogP) is 3.65. The van der Waals surface area contributed by atoms with E-state index in [1.54, 1.807) is 49.6 Å². The molecule has 1 heterocycles. The molecule has 0 fully saturated rings. The first kappa shape index (κ1) is 22.4. The summed E-state index contributed by atoms with van der Waals surface area (Å²) in [5, 5.41) is 6.08. The van der Waals surface area contributed by atoms with Gasteiger partial charge in [0, 0.05) is 22.1 Å². The normalized spacial score (nSPS) is 10.5. The fourth-order valence-corrected chi connectivity index (χ4v) is 3.33. The molecular weight excluding hydrogens is 464 g/mol. The topological polar surface area (TPSA) is 101 Å². The lowest BCUT2D eigenvalue weighted by molar-refractivity contribution is -0.136. The molecule has 0 aliphatic heterocycles. The Balaban J connectivity index is 1.88. The van der Waals surface area contributed by atoms with Gasteiger partial charge in [0.05, 0.1) is 12.6 Å². The summed E-state index contributed by atoms with van der Waals surface area (Å²) in [4.78, 5) is 37.5. The molecule has 0 saturated heterocycles. The highest BCUT2D eigenvalue weighted by molar-refractivity contribution is 9.10. The summed E-state index contributed by atoms with van der Waals surface area (Å²) in [6.45, 7) is 2.40. The van der Waals surface area contributed by atoms with Crippen molar-refractivity contribution in [3.05, 3.63) is 58.7 Å². The average Bonchev–Trinajstić information content (AvgIpc) is 3.11. The van der Waals surface area contributed by atoms with Gasteiger partial charge < -0.3 is 15.4 Å². The van der Waals surface area contributed by atoms with E-state index in [1.165, 1.54) is 4.68 Å². The molecule has 0 spiro atoms. The van der Waals surface area contributed by atoms with Crippen molar-refractivity contribution in [2.75, 3.05) is 24.4 Å². The zero-order valence-corrected chi connectivity index (χ0v) is 18.8. The Hall–Kier alpha value is -3.33. The quantitative estimate of drug-likeness (QED) is 0.350. The molecule has 3 aromatic rings. The van der Waals surface area contributed by atoms with Gasteiger partial charge in [-0.25, -0.2) is 4.68 Å². The van der Waals surface area contributed by atoms with Crippen LogP contribution in [-0.4, -0.2) is 36.1 Å². The summed E-state index contributed by atoms with van der Waals surface area (Å²) in [5.41, 5.74) is 3.86. The second-order valence-corrected chi connectivity index (χ2v) is 7.72. The summed E-state index contributed by atoms with van der Waals surface area (Å²) < 4.78 is 7.27. The third-order valence-electron chi connectivity index (χ3n) is 4.58. The van der Waals surface area contributed by atoms with Crippen LogP contribution in [0.3, 0.4) is 0 Å². The van der Waals surface area contributed by atoms with Gasteiger partial charge in [0.2, 0.25) is 0 Å². The van der Waals surface area contributed by atoms with Gasteiger partial charge in [-0.15, -0.1) is 0 Å².